The van der Waals surface area contributed by atoms with Gasteiger partial charge in [-0.15, -0.1) is 0 Å². The molecule has 1 N–H and O–H groups in total. The van der Waals surface area contributed by atoms with Crippen molar-refractivity contribution in [2.45, 2.75) is 6.54 Å². The lowest BCUT2D eigenvalue weighted by Crippen LogP contribution is -2.30. The monoisotopic (exact) mass is 451 g/mol. The summed E-state index contributed by atoms with van der Waals surface area (Å²) in [5.41, 5.74) is 0.565. The lowest BCUT2D eigenvalue weighted by Gasteiger charge is -2.14. The zero-order chi connectivity index (χ0) is 22.2. The Morgan fingerprint density at radius 2 is 1.91 bits per heavy atom. The van der Waals surface area contributed by atoms with Gasteiger partial charge >= 0.3 is 5.69 Å². The number of benzene rings is 3. The molecule has 160 valence electrons. The van der Waals surface area contributed by atoms with E-state index >= 15 is 0 Å². The summed E-state index contributed by atoms with van der Waals surface area (Å²) in [6.07, 6.45) is 0. The van der Waals surface area contributed by atoms with E-state index in [9.17, 15) is 14.0 Å². The fraction of sp³-hybridized carbons (Fsp3) is 0.0870. The number of hydrogen-bond donors (Lipinski definition) is 1. The molecule has 0 spiro atoms. The SMILES string of the molecule is O=C(Cn1c(=O)nc(-c2ccccc2F)c2cc(Cl)ccc21)Nc1ccc2c(c1)OCO2. The highest BCUT2D eigenvalue weighted by Gasteiger charge is 2.18. The topological polar surface area (TPSA) is 82.5 Å². The fourth-order valence-corrected chi connectivity index (χ4v) is 3.75. The fourth-order valence-electron chi connectivity index (χ4n) is 3.58. The van der Waals surface area contributed by atoms with Crippen molar-refractivity contribution in [3.05, 3.63) is 82.0 Å². The van der Waals surface area contributed by atoms with Crippen molar-refractivity contribution in [3.63, 3.8) is 0 Å². The molecular formula is C23H15ClFN3O4. The first-order chi connectivity index (χ1) is 15.5. The van der Waals surface area contributed by atoms with E-state index in [0.717, 1.165) is 0 Å². The van der Waals surface area contributed by atoms with Crippen LogP contribution < -0.4 is 20.5 Å². The van der Waals surface area contributed by atoms with Crippen molar-refractivity contribution in [2.24, 2.45) is 0 Å². The van der Waals surface area contributed by atoms with Crippen LogP contribution in [0.5, 0.6) is 11.5 Å². The first-order valence-corrected chi connectivity index (χ1v) is 10.0. The summed E-state index contributed by atoms with van der Waals surface area (Å²) in [7, 11) is 0. The highest BCUT2D eigenvalue weighted by atomic mass is 35.5. The molecule has 2 heterocycles. The average Bonchev–Trinajstić information content (AvgIpc) is 3.24. The molecule has 0 bridgehead atoms. The van der Waals surface area contributed by atoms with Gasteiger partial charge in [-0.3, -0.25) is 9.36 Å². The number of halogens is 2. The Kier molecular flexibility index (Phi) is 4.99. The Morgan fingerprint density at radius 1 is 1.09 bits per heavy atom. The molecule has 1 aliphatic rings. The number of nitrogens with zero attached hydrogens (tertiary/aromatic N) is 2. The summed E-state index contributed by atoms with van der Waals surface area (Å²) in [6, 6.07) is 15.8. The lowest BCUT2D eigenvalue weighted by molar-refractivity contribution is -0.116. The molecule has 1 amide bonds. The van der Waals surface area contributed by atoms with E-state index in [1.807, 2.05) is 0 Å². The number of carbonyl (C=O) groups excluding carboxylic acids is 1. The first-order valence-electron chi connectivity index (χ1n) is 9.64. The number of carbonyl (C=O) groups is 1. The molecule has 0 radical (unpaired) electrons. The molecule has 0 unspecified atom stereocenters. The van der Waals surface area contributed by atoms with Gasteiger partial charge in [0.15, 0.2) is 11.5 Å². The number of amides is 1. The highest BCUT2D eigenvalue weighted by Crippen LogP contribution is 2.34. The second-order valence-electron chi connectivity index (χ2n) is 7.09. The third-order valence-corrected chi connectivity index (χ3v) is 5.26. The van der Waals surface area contributed by atoms with Gasteiger partial charge in [0.05, 0.1) is 11.2 Å². The van der Waals surface area contributed by atoms with Gasteiger partial charge in [-0.25, -0.2) is 9.18 Å². The van der Waals surface area contributed by atoms with Gasteiger partial charge in [0, 0.05) is 27.7 Å². The normalized spacial score (nSPS) is 12.2. The molecule has 1 aromatic heterocycles. The minimum absolute atomic E-state index is 0.122. The van der Waals surface area contributed by atoms with Crippen LogP contribution in [-0.2, 0) is 11.3 Å². The van der Waals surface area contributed by atoms with Crippen molar-refractivity contribution in [2.75, 3.05) is 12.1 Å². The van der Waals surface area contributed by atoms with Crippen molar-refractivity contribution in [3.8, 4) is 22.8 Å². The van der Waals surface area contributed by atoms with Gasteiger partial charge in [-0.1, -0.05) is 23.7 Å². The number of anilines is 1. The maximum atomic E-state index is 14.4. The minimum Gasteiger partial charge on any atom is -0.454 e. The van der Waals surface area contributed by atoms with Gasteiger partial charge in [0.2, 0.25) is 12.7 Å². The Bertz CT molecular complexity index is 1440. The molecule has 32 heavy (non-hydrogen) atoms. The Hall–Kier alpha value is -3.91. The van der Waals surface area contributed by atoms with Crippen molar-refractivity contribution >= 4 is 34.1 Å². The standard InChI is InChI=1S/C23H15ClFN3O4/c24-13-5-7-18-16(9-13)22(15-3-1-2-4-17(15)25)27-23(30)28(18)11-21(29)26-14-6-8-19-20(10-14)32-12-31-19/h1-10H,11-12H2,(H,26,29). The predicted molar refractivity (Wildman–Crippen MR) is 118 cm³/mol. The van der Waals surface area contributed by atoms with Gasteiger partial charge in [-0.2, -0.15) is 4.98 Å². The first kappa shape index (κ1) is 20.0. The molecule has 0 aliphatic carbocycles. The number of nitrogens with one attached hydrogen (secondary N) is 1. The maximum Gasteiger partial charge on any atom is 0.349 e. The molecule has 0 fully saturated rings. The summed E-state index contributed by atoms with van der Waals surface area (Å²) < 4.78 is 26.2. The number of aromatic nitrogens is 2. The summed E-state index contributed by atoms with van der Waals surface area (Å²) >= 11 is 6.16. The molecule has 7 nitrogen and oxygen atoms in total. The summed E-state index contributed by atoms with van der Waals surface area (Å²) in [6.45, 7) is -0.174. The molecule has 5 rings (SSSR count). The van der Waals surface area contributed by atoms with E-state index in [2.05, 4.69) is 10.3 Å². The van der Waals surface area contributed by atoms with Gasteiger partial charge in [-0.05, 0) is 42.5 Å². The van der Waals surface area contributed by atoms with Crippen molar-refractivity contribution < 1.29 is 18.7 Å². The molecule has 3 aromatic carbocycles. The quantitative estimate of drug-likeness (QED) is 0.502. The van der Waals surface area contributed by atoms with Crippen LogP contribution in [-0.4, -0.2) is 22.3 Å². The molecular weight excluding hydrogens is 437 g/mol. The zero-order valence-electron chi connectivity index (χ0n) is 16.5. The smallest absolute Gasteiger partial charge is 0.349 e. The molecule has 9 heteroatoms. The second-order valence-corrected chi connectivity index (χ2v) is 7.52. The number of hydrogen-bond acceptors (Lipinski definition) is 5. The van der Waals surface area contributed by atoms with Gasteiger partial charge < -0.3 is 14.8 Å². The Labute approximate surface area is 186 Å². The zero-order valence-corrected chi connectivity index (χ0v) is 17.2. The second kappa shape index (κ2) is 7.97. The number of ether oxygens (including phenoxy) is 2. The summed E-state index contributed by atoms with van der Waals surface area (Å²) in [5.74, 6) is 0.160. The average molecular weight is 452 g/mol. The van der Waals surface area contributed by atoms with Crippen molar-refractivity contribution in [1.82, 2.24) is 9.55 Å². The summed E-state index contributed by atoms with van der Waals surface area (Å²) in [5, 5.41) is 3.58. The van der Waals surface area contributed by atoms with E-state index in [4.69, 9.17) is 21.1 Å². The van der Waals surface area contributed by atoms with Crippen LogP contribution in [0.25, 0.3) is 22.2 Å². The van der Waals surface area contributed by atoms with Gasteiger partial charge in [0.25, 0.3) is 0 Å². The summed E-state index contributed by atoms with van der Waals surface area (Å²) in [4.78, 5) is 29.6. The van der Waals surface area contributed by atoms with Crippen LogP contribution in [0.4, 0.5) is 10.1 Å². The van der Waals surface area contributed by atoms with Crippen LogP contribution in [0.2, 0.25) is 5.02 Å². The predicted octanol–water partition coefficient (Wildman–Crippen LogP) is 4.22. The highest BCUT2D eigenvalue weighted by molar-refractivity contribution is 6.31. The van der Waals surface area contributed by atoms with E-state index in [-0.39, 0.29) is 24.6 Å². The van der Waals surface area contributed by atoms with E-state index in [0.29, 0.717) is 33.1 Å². The van der Waals surface area contributed by atoms with Crippen LogP contribution in [0.3, 0.4) is 0 Å². The van der Waals surface area contributed by atoms with Crippen LogP contribution in [0.1, 0.15) is 0 Å². The Morgan fingerprint density at radius 3 is 2.75 bits per heavy atom. The van der Waals surface area contributed by atoms with Crippen molar-refractivity contribution in [1.29, 1.82) is 0 Å². The number of rotatable bonds is 4. The minimum atomic E-state index is -0.682. The Balaban J connectivity index is 1.53. The third kappa shape index (κ3) is 3.65. The number of fused-ring (bicyclic) bond motifs is 2. The van der Waals surface area contributed by atoms with E-state index in [1.165, 1.54) is 16.7 Å². The largest absolute Gasteiger partial charge is 0.454 e. The van der Waals surface area contributed by atoms with E-state index in [1.54, 1.807) is 48.5 Å². The molecule has 0 saturated carbocycles. The molecule has 4 aromatic rings. The molecule has 0 atom stereocenters. The maximum absolute atomic E-state index is 14.4. The van der Waals surface area contributed by atoms with Crippen LogP contribution >= 0.6 is 11.6 Å². The third-order valence-electron chi connectivity index (χ3n) is 5.03. The molecule has 1 aliphatic heterocycles. The molecule has 0 saturated heterocycles. The van der Waals surface area contributed by atoms with Crippen LogP contribution in [0, 0.1) is 5.82 Å². The lowest BCUT2D eigenvalue weighted by atomic mass is 10.1. The van der Waals surface area contributed by atoms with Gasteiger partial charge in [0.1, 0.15) is 12.4 Å². The van der Waals surface area contributed by atoms with Crippen LogP contribution in [0.15, 0.2) is 65.5 Å². The van der Waals surface area contributed by atoms with E-state index < -0.39 is 17.4 Å².